The van der Waals surface area contributed by atoms with Gasteiger partial charge in [0.25, 0.3) is 0 Å². The number of nitrogens with zero attached hydrogens (tertiary/aromatic N) is 1. The highest BCUT2D eigenvalue weighted by molar-refractivity contribution is 4.93. The lowest BCUT2D eigenvalue weighted by Crippen LogP contribution is -2.48. The molecule has 0 radical (unpaired) electrons. The molecule has 1 unspecified atom stereocenters. The standard InChI is InChI=1S/C8H14N2/c1-3-8-7-9-5-6-10(8)4-2/h2,8-9H,3,5-7H2,1H3. The molecule has 1 aliphatic heterocycles. The molecule has 0 spiro atoms. The second-order valence-corrected chi connectivity index (χ2v) is 2.59. The first-order chi connectivity index (χ1) is 4.88. The Morgan fingerprint density at radius 2 is 2.60 bits per heavy atom. The number of terminal acetylenes is 1. The van der Waals surface area contributed by atoms with E-state index in [1.54, 1.807) is 0 Å². The van der Waals surface area contributed by atoms with Gasteiger partial charge in [-0.05, 0) is 6.42 Å². The van der Waals surface area contributed by atoms with Crippen molar-refractivity contribution in [1.29, 1.82) is 0 Å². The van der Waals surface area contributed by atoms with E-state index in [2.05, 4.69) is 23.2 Å². The summed E-state index contributed by atoms with van der Waals surface area (Å²) in [5, 5.41) is 3.31. The van der Waals surface area contributed by atoms with Gasteiger partial charge >= 0.3 is 0 Å². The molecule has 1 heterocycles. The summed E-state index contributed by atoms with van der Waals surface area (Å²) < 4.78 is 0. The average molecular weight is 138 g/mol. The third-order valence-corrected chi connectivity index (χ3v) is 1.99. The lowest BCUT2D eigenvalue weighted by Gasteiger charge is -2.32. The van der Waals surface area contributed by atoms with Crippen molar-refractivity contribution >= 4 is 0 Å². The van der Waals surface area contributed by atoms with Crippen molar-refractivity contribution in [1.82, 2.24) is 10.2 Å². The molecule has 1 atom stereocenters. The van der Waals surface area contributed by atoms with Crippen LogP contribution in [-0.2, 0) is 0 Å². The molecule has 2 nitrogen and oxygen atoms in total. The highest BCUT2D eigenvalue weighted by atomic mass is 15.2. The zero-order valence-corrected chi connectivity index (χ0v) is 6.43. The van der Waals surface area contributed by atoms with Gasteiger partial charge in [-0.25, -0.2) is 0 Å². The summed E-state index contributed by atoms with van der Waals surface area (Å²) in [5.41, 5.74) is 0. The van der Waals surface area contributed by atoms with E-state index in [4.69, 9.17) is 6.42 Å². The van der Waals surface area contributed by atoms with Gasteiger partial charge in [-0.3, -0.25) is 0 Å². The lowest BCUT2D eigenvalue weighted by molar-refractivity contribution is 0.238. The largest absolute Gasteiger partial charge is 0.327 e. The first-order valence-corrected chi connectivity index (χ1v) is 3.82. The minimum atomic E-state index is 0.554. The van der Waals surface area contributed by atoms with Crippen molar-refractivity contribution in [2.45, 2.75) is 19.4 Å². The molecule has 0 aliphatic carbocycles. The van der Waals surface area contributed by atoms with Crippen molar-refractivity contribution in [3.63, 3.8) is 0 Å². The maximum Gasteiger partial charge on any atom is 0.0493 e. The summed E-state index contributed by atoms with van der Waals surface area (Å²) in [5.74, 6) is 0. The summed E-state index contributed by atoms with van der Waals surface area (Å²) in [6, 6.07) is 3.25. The number of nitrogens with one attached hydrogen (secondary N) is 1. The summed E-state index contributed by atoms with van der Waals surface area (Å²) in [6.45, 7) is 5.23. The Bertz CT molecular complexity index is 137. The van der Waals surface area contributed by atoms with Gasteiger partial charge in [0.05, 0.1) is 0 Å². The van der Waals surface area contributed by atoms with Crippen LogP contribution >= 0.6 is 0 Å². The molecule has 56 valence electrons. The van der Waals surface area contributed by atoms with Gasteiger partial charge in [0, 0.05) is 31.7 Å². The van der Waals surface area contributed by atoms with Crippen LogP contribution in [0.5, 0.6) is 0 Å². The Labute approximate surface area is 62.6 Å². The molecule has 10 heavy (non-hydrogen) atoms. The molecule has 1 N–H and O–H groups in total. The van der Waals surface area contributed by atoms with E-state index in [9.17, 15) is 0 Å². The van der Waals surface area contributed by atoms with Crippen molar-refractivity contribution in [3.05, 3.63) is 0 Å². The fourth-order valence-electron chi connectivity index (χ4n) is 1.30. The molecule has 0 aromatic rings. The fraction of sp³-hybridized carbons (Fsp3) is 0.750. The third kappa shape index (κ3) is 1.43. The van der Waals surface area contributed by atoms with Crippen LogP contribution < -0.4 is 5.32 Å². The minimum absolute atomic E-state index is 0.554. The van der Waals surface area contributed by atoms with Crippen LogP contribution in [0, 0.1) is 12.5 Å². The van der Waals surface area contributed by atoms with Crippen LogP contribution in [0.25, 0.3) is 0 Å². The quantitative estimate of drug-likeness (QED) is 0.523. The van der Waals surface area contributed by atoms with E-state index < -0.39 is 0 Å². The van der Waals surface area contributed by atoms with Crippen LogP contribution in [0.2, 0.25) is 0 Å². The van der Waals surface area contributed by atoms with Gasteiger partial charge in [-0.2, -0.15) is 0 Å². The molecular weight excluding hydrogens is 124 g/mol. The number of rotatable bonds is 1. The Balaban J connectivity index is 2.44. The summed E-state index contributed by atoms with van der Waals surface area (Å²) in [4.78, 5) is 2.08. The molecule has 1 saturated heterocycles. The van der Waals surface area contributed by atoms with Crippen LogP contribution in [0.1, 0.15) is 13.3 Å². The van der Waals surface area contributed by atoms with Gasteiger partial charge in [0.1, 0.15) is 0 Å². The minimum Gasteiger partial charge on any atom is -0.327 e. The monoisotopic (exact) mass is 138 g/mol. The lowest BCUT2D eigenvalue weighted by atomic mass is 10.1. The van der Waals surface area contributed by atoms with Crippen LogP contribution in [-0.4, -0.2) is 30.6 Å². The average Bonchev–Trinajstić information content (AvgIpc) is 2.04. The summed E-state index contributed by atoms with van der Waals surface area (Å²) in [7, 11) is 0. The highest BCUT2D eigenvalue weighted by Crippen LogP contribution is 2.03. The molecule has 0 bridgehead atoms. The second-order valence-electron chi connectivity index (χ2n) is 2.59. The highest BCUT2D eigenvalue weighted by Gasteiger charge is 2.16. The Hall–Kier alpha value is -0.680. The summed E-state index contributed by atoms with van der Waals surface area (Å²) in [6.07, 6.45) is 6.45. The molecule has 2 heteroatoms. The van der Waals surface area contributed by atoms with Crippen molar-refractivity contribution in [2.75, 3.05) is 19.6 Å². The van der Waals surface area contributed by atoms with E-state index in [0.29, 0.717) is 6.04 Å². The maximum absolute atomic E-state index is 5.32. The smallest absolute Gasteiger partial charge is 0.0493 e. The Kier molecular flexibility index (Phi) is 2.58. The predicted molar refractivity (Wildman–Crippen MR) is 42.5 cm³/mol. The van der Waals surface area contributed by atoms with Crippen molar-refractivity contribution < 1.29 is 0 Å². The van der Waals surface area contributed by atoms with E-state index >= 15 is 0 Å². The van der Waals surface area contributed by atoms with E-state index in [1.807, 2.05) is 0 Å². The first-order valence-electron chi connectivity index (χ1n) is 3.82. The van der Waals surface area contributed by atoms with Crippen molar-refractivity contribution in [3.8, 4) is 12.5 Å². The summed E-state index contributed by atoms with van der Waals surface area (Å²) >= 11 is 0. The van der Waals surface area contributed by atoms with E-state index in [1.165, 1.54) is 0 Å². The normalized spacial score (nSPS) is 26.0. The number of piperazine rings is 1. The number of hydrogen-bond donors (Lipinski definition) is 1. The zero-order chi connectivity index (χ0) is 7.40. The molecule has 0 aromatic heterocycles. The molecule has 0 aromatic carbocycles. The molecule has 1 aliphatic rings. The zero-order valence-electron chi connectivity index (χ0n) is 6.43. The maximum atomic E-state index is 5.32. The predicted octanol–water partition coefficient (Wildman–Crippen LogP) is 0.261. The van der Waals surface area contributed by atoms with E-state index in [0.717, 1.165) is 26.1 Å². The van der Waals surface area contributed by atoms with E-state index in [-0.39, 0.29) is 0 Å². The Morgan fingerprint density at radius 3 is 3.10 bits per heavy atom. The topological polar surface area (TPSA) is 15.3 Å². The second kappa shape index (κ2) is 3.48. The van der Waals surface area contributed by atoms with Crippen LogP contribution in [0.4, 0.5) is 0 Å². The third-order valence-electron chi connectivity index (χ3n) is 1.99. The number of hydrogen-bond acceptors (Lipinski definition) is 2. The van der Waals surface area contributed by atoms with Crippen LogP contribution in [0.15, 0.2) is 0 Å². The molecular formula is C8H14N2. The first kappa shape index (κ1) is 7.43. The molecule has 0 amide bonds. The van der Waals surface area contributed by atoms with Gasteiger partial charge in [-0.15, -0.1) is 0 Å². The van der Waals surface area contributed by atoms with Gasteiger partial charge < -0.3 is 10.2 Å². The molecule has 1 fully saturated rings. The molecule has 0 saturated carbocycles. The van der Waals surface area contributed by atoms with Gasteiger partial charge in [0.2, 0.25) is 0 Å². The Morgan fingerprint density at radius 1 is 1.80 bits per heavy atom. The van der Waals surface area contributed by atoms with Crippen LogP contribution in [0.3, 0.4) is 0 Å². The SMILES string of the molecule is C#CN1CCNCC1CC. The molecule has 1 rings (SSSR count). The fourth-order valence-corrected chi connectivity index (χ4v) is 1.30. The van der Waals surface area contributed by atoms with Crippen molar-refractivity contribution in [2.24, 2.45) is 0 Å². The van der Waals surface area contributed by atoms with Gasteiger partial charge in [0.15, 0.2) is 0 Å². The van der Waals surface area contributed by atoms with Gasteiger partial charge in [-0.1, -0.05) is 13.3 Å².